The van der Waals surface area contributed by atoms with Gasteiger partial charge in [0.15, 0.2) is 0 Å². The molecular weight excluding hydrogens is 362 g/mol. The summed E-state index contributed by atoms with van der Waals surface area (Å²) >= 11 is 0. The van der Waals surface area contributed by atoms with Crippen molar-refractivity contribution in [3.63, 3.8) is 0 Å². The first kappa shape index (κ1) is 20.2. The quantitative estimate of drug-likeness (QED) is 0.769. The van der Waals surface area contributed by atoms with Gasteiger partial charge in [-0.25, -0.2) is 14.8 Å². The van der Waals surface area contributed by atoms with Crippen LogP contribution in [0, 0.1) is 0 Å². The summed E-state index contributed by atoms with van der Waals surface area (Å²) in [4.78, 5) is 38.1. The highest BCUT2D eigenvalue weighted by molar-refractivity contribution is 5.73. The van der Waals surface area contributed by atoms with Crippen LogP contribution >= 0.6 is 0 Å². The Morgan fingerprint density at radius 3 is 2.61 bits per heavy atom. The molecule has 3 heterocycles. The number of hydrogen-bond donors (Lipinski definition) is 0. The molecule has 2 aliphatic rings. The molecule has 2 fully saturated rings. The lowest BCUT2D eigenvalue weighted by Crippen LogP contribution is -2.48. The van der Waals surface area contributed by atoms with Crippen LogP contribution in [0.1, 0.15) is 32.6 Å². The molecule has 2 saturated heterocycles. The van der Waals surface area contributed by atoms with Gasteiger partial charge in [-0.2, -0.15) is 0 Å². The van der Waals surface area contributed by atoms with E-state index in [1.54, 1.807) is 30.9 Å². The number of anilines is 1. The van der Waals surface area contributed by atoms with E-state index in [1.165, 1.54) is 6.33 Å². The van der Waals surface area contributed by atoms with Crippen LogP contribution in [0.25, 0.3) is 0 Å². The molecule has 9 nitrogen and oxygen atoms in total. The molecular formula is C19H29N5O4. The predicted octanol–water partition coefficient (Wildman–Crippen LogP) is 1.53. The van der Waals surface area contributed by atoms with Gasteiger partial charge < -0.3 is 24.2 Å². The average molecular weight is 391 g/mol. The van der Waals surface area contributed by atoms with Crippen molar-refractivity contribution >= 4 is 17.8 Å². The molecule has 1 atom stereocenters. The van der Waals surface area contributed by atoms with E-state index in [1.807, 2.05) is 6.07 Å². The van der Waals surface area contributed by atoms with Crippen LogP contribution in [0.3, 0.4) is 0 Å². The second-order valence-corrected chi connectivity index (χ2v) is 7.36. The van der Waals surface area contributed by atoms with Crippen LogP contribution in [0.4, 0.5) is 10.6 Å². The highest BCUT2D eigenvalue weighted by Crippen LogP contribution is 2.23. The van der Waals surface area contributed by atoms with Gasteiger partial charge in [0.05, 0.1) is 13.7 Å². The monoisotopic (exact) mass is 391 g/mol. The minimum atomic E-state index is -0.308. The SMILES string of the molecule is COc1cc(N2CCC(N(C)C(=O)OC3CCCN(C(C)=O)C3)CC2)ncn1. The third-order valence-electron chi connectivity index (χ3n) is 5.55. The normalized spacial score (nSPS) is 20.6. The predicted molar refractivity (Wildman–Crippen MR) is 103 cm³/mol. The lowest BCUT2D eigenvalue weighted by molar-refractivity contribution is -0.132. The van der Waals surface area contributed by atoms with Crippen molar-refractivity contribution in [1.29, 1.82) is 0 Å². The summed E-state index contributed by atoms with van der Waals surface area (Å²) in [6.07, 6.45) is 4.31. The van der Waals surface area contributed by atoms with Crippen molar-refractivity contribution in [2.75, 3.05) is 45.2 Å². The number of aromatic nitrogens is 2. The number of hydrogen-bond acceptors (Lipinski definition) is 7. The van der Waals surface area contributed by atoms with E-state index < -0.39 is 0 Å². The van der Waals surface area contributed by atoms with Crippen LogP contribution in [-0.4, -0.2) is 84.3 Å². The first-order chi connectivity index (χ1) is 13.5. The van der Waals surface area contributed by atoms with Gasteiger partial charge in [0.2, 0.25) is 11.8 Å². The van der Waals surface area contributed by atoms with E-state index in [0.717, 1.165) is 51.1 Å². The molecule has 0 saturated carbocycles. The highest BCUT2D eigenvalue weighted by Gasteiger charge is 2.30. The molecule has 1 aromatic heterocycles. The van der Waals surface area contributed by atoms with Gasteiger partial charge in [-0.15, -0.1) is 0 Å². The van der Waals surface area contributed by atoms with Crippen LogP contribution in [0.5, 0.6) is 5.88 Å². The number of piperidine rings is 2. The number of carbonyl (C=O) groups is 2. The van der Waals surface area contributed by atoms with Crippen molar-refractivity contribution in [2.45, 2.75) is 44.8 Å². The lowest BCUT2D eigenvalue weighted by Gasteiger charge is -2.38. The van der Waals surface area contributed by atoms with E-state index >= 15 is 0 Å². The number of nitrogens with zero attached hydrogens (tertiary/aromatic N) is 5. The molecule has 2 aliphatic heterocycles. The summed E-state index contributed by atoms with van der Waals surface area (Å²) < 4.78 is 10.8. The molecule has 1 unspecified atom stereocenters. The van der Waals surface area contributed by atoms with Crippen molar-refractivity contribution in [3.05, 3.63) is 12.4 Å². The molecule has 154 valence electrons. The molecule has 0 N–H and O–H groups in total. The second kappa shape index (κ2) is 9.07. The molecule has 1 aromatic rings. The van der Waals surface area contributed by atoms with E-state index in [9.17, 15) is 9.59 Å². The molecule has 9 heteroatoms. The maximum Gasteiger partial charge on any atom is 0.410 e. The summed E-state index contributed by atoms with van der Waals surface area (Å²) in [7, 11) is 3.38. The standard InChI is InChI=1S/C19H29N5O4/c1-14(25)24-8-4-5-16(12-24)28-19(26)22(2)15-6-9-23(10-7-15)17-11-18(27-3)21-13-20-17/h11,13,15-16H,4-10,12H2,1-3H3. The molecule has 3 rings (SSSR count). The zero-order valence-electron chi connectivity index (χ0n) is 16.8. The maximum atomic E-state index is 12.6. The van der Waals surface area contributed by atoms with E-state index in [-0.39, 0.29) is 24.1 Å². The van der Waals surface area contributed by atoms with Gasteiger partial charge in [0.25, 0.3) is 0 Å². The van der Waals surface area contributed by atoms with Gasteiger partial charge in [0.1, 0.15) is 18.2 Å². The summed E-state index contributed by atoms with van der Waals surface area (Å²) in [6.45, 7) is 4.37. The molecule has 28 heavy (non-hydrogen) atoms. The third-order valence-corrected chi connectivity index (χ3v) is 5.55. The Balaban J connectivity index is 1.49. The highest BCUT2D eigenvalue weighted by atomic mass is 16.6. The first-order valence-corrected chi connectivity index (χ1v) is 9.78. The summed E-state index contributed by atoms with van der Waals surface area (Å²) in [5.41, 5.74) is 0. The Morgan fingerprint density at radius 2 is 1.93 bits per heavy atom. The molecule has 0 radical (unpaired) electrons. The fourth-order valence-corrected chi connectivity index (χ4v) is 3.79. The van der Waals surface area contributed by atoms with Crippen LogP contribution < -0.4 is 9.64 Å². The van der Waals surface area contributed by atoms with Gasteiger partial charge in [0, 0.05) is 45.7 Å². The van der Waals surface area contributed by atoms with E-state index in [2.05, 4.69) is 14.9 Å². The minimum Gasteiger partial charge on any atom is -0.481 e. The van der Waals surface area contributed by atoms with Crippen LogP contribution in [-0.2, 0) is 9.53 Å². The van der Waals surface area contributed by atoms with Crippen molar-refractivity contribution < 1.29 is 19.1 Å². The molecule has 2 amide bonds. The lowest BCUT2D eigenvalue weighted by atomic mass is 10.0. The second-order valence-electron chi connectivity index (χ2n) is 7.36. The zero-order valence-corrected chi connectivity index (χ0v) is 16.8. The molecule has 0 spiro atoms. The summed E-state index contributed by atoms with van der Waals surface area (Å²) in [6, 6.07) is 1.95. The van der Waals surface area contributed by atoms with Crippen molar-refractivity contribution in [1.82, 2.24) is 19.8 Å². The number of ether oxygens (including phenoxy) is 2. The average Bonchev–Trinajstić information content (AvgIpc) is 2.73. The Hall–Kier alpha value is -2.58. The Morgan fingerprint density at radius 1 is 1.18 bits per heavy atom. The smallest absolute Gasteiger partial charge is 0.410 e. The van der Waals surface area contributed by atoms with E-state index in [4.69, 9.17) is 9.47 Å². The molecule has 0 aliphatic carbocycles. The number of amides is 2. The Bertz CT molecular complexity index is 693. The largest absolute Gasteiger partial charge is 0.481 e. The van der Waals surface area contributed by atoms with Crippen LogP contribution in [0.2, 0.25) is 0 Å². The fourth-order valence-electron chi connectivity index (χ4n) is 3.79. The van der Waals surface area contributed by atoms with Crippen molar-refractivity contribution in [3.8, 4) is 5.88 Å². The summed E-state index contributed by atoms with van der Waals surface area (Å²) in [5.74, 6) is 1.41. The fraction of sp³-hybridized carbons (Fsp3) is 0.684. The molecule has 0 bridgehead atoms. The van der Waals surface area contributed by atoms with Gasteiger partial charge in [-0.3, -0.25) is 4.79 Å². The van der Waals surface area contributed by atoms with Crippen molar-refractivity contribution in [2.24, 2.45) is 0 Å². The topological polar surface area (TPSA) is 88.1 Å². The number of rotatable bonds is 4. The zero-order chi connectivity index (χ0) is 20.1. The molecule has 0 aromatic carbocycles. The minimum absolute atomic E-state index is 0.0304. The number of methoxy groups -OCH3 is 1. The first-order valence-electron chi connectivity index (χ1n) is 9.78. The van der Waals surface area contributed by atoms with E-state index in [0.29, 0.717) is 12.4 Å². The number of likely N-dealkylation sites (tertiary alicyclic amines) is 1. The van der Waals surface area contributed by atoms with Gasteiger partial charge in [-0.1, -0.05) is 0 Å². The maximum absolute atomic E-state index is 12.6. The third kappa shape index (κ3) is 4.82. The Kier molecular flexibility index (Phi) is 6.53. The summed E-state index contributed by atoms with van der Waals surface area (Å²) in [5, 5.41) is 0. The van der Waals surface area contributed by atoms with Gasteiger partial charge in [-0.05, 0) is 25.7 Å². The Labute approximate surface area is 165 Å². The number of carbonyl (C=O) groups excluding carboxylic acids is 2. The van der Waals surface area contributed by atoms with Gasteiger partial charge >= 0.3 is 6.09 Å². The van der Waals surface area contributed by atoms with Crippen LogP contribution in [0.15, 0.2) is 12.4 Å².